The molecule has 3 heteroatoms. The minimum absolute atomic E-state index is 0.191. The summed E-state index contributed by atoms with van der Waals surface area (Å²) in [5.41, 5.74) is 0.978. The third-order valence-corrected chi connectivity index (χ3v) is 4.53. The molecule has 0 bridgehead atoms. The van der Waals surface area contributed by atoms with E-state index in [0.717, 1.165) is 41.2 Å². The van der Waals surface area contributed by atoms with Crippen LogP contribution in [-0.2, 0) is 4.79 Å². The summed E-state index contributed by atoms with van der Waals surface area (Å²) in [4.78, 5) is 13.5. The summed E-state index contributed by atoms with van der Waals surface area (Å²) in [7, 11) is 0. The van der Waals surface area contributed by atoms with E-state index in [2.05, 4.69) is 6.08 Å². The number of para-hydroxylation sites is 1. The van der Waals surface area contributed by atoms with Gasteiger partial charge in [0, 0.05) is 10.6 Å². The zero-order valence-electron chi connectivity index (χ0n) is 10.2. The molecule has 94 valence electrons. The van der Waals surface area contributed by atoms with Gasteiger partial charge in [0.2, 0.25) is 0 Å². The molecule has 1 unspecified atom stereocenters. The largest absolute Gasteiger partial charge is 0.480 e. The molecule has 2 nitrogen and oxygen atoms in total. The summed E-state index contributed by atoms with van der Waals surface area (Å²) in [6, 6.07) is 7.94. The lowest BCUT2D eigenvalue weighted by molar-refractivity contribution is -0.121. The van der Waals surface area contributed by atoms with E-state index in [4.69, 9.17) is 4.74 Å². The summed E-state index contributed by atoms with van der Waals surface area (Å²) < 4.78 is 5.84. The molecule has 1 aromatic carbocycles. The van der Waals surface area contributed by atoms with Gasteiger partial charge >= 0.3 is 0 Å². The van der Waals surface area contributed by atoms with E-state index >= 15 is 0 Å². The fourth-order valence-corrected chi connectivity index (χ4v) is 3.40. The van der Waals surface area contributed by atoms with Gasteiger partial charge in [-0.15, -0.1) is 11.8 Å². The molecule has 1 heterocycles. The molecule has 0 spiro atoms. The number of thioether (sulfide) groups is 1. The Balaban J connectivity index is 1.75. The van der Waals surface area contributed by atoms with Crippen LogP contribution in [0.5, 0.6) is 5.75 Å². The fraction of sp³-hybridized carbons (Fsp3) is 0.400. The predicted octanol–water partition coefficient (Wildman–Crippen LogP) is 3.61. The third kappa shape index (κ3) is 2.32. The Kier molecular flexibility index (Phi) is 3.41. The quantitative estimate of drug-likeness (QED) is 0.812. The molecule has 1 aliphatic carbocycles. The van der Waals surface area contributed by atoms with Gasteiger partial charge in [-0.25, -0.2) is 0 Å². The van der Waals surface area contributed by atoms with Crippen molar-refractivity contribution in [1.29, 1.82) is 0 Å². The highest BCUT2D eigenvalue weighted by Crippen LogP contribution is 2.36. The summed E-state index contributed by atoms with van der Waals surface area (Å²) in [6.07, 6.45) is 6.10. The van der Waals surface area contributed by atoms with Crippen LogP contribution in [0.25, 0.3) is 0 Å². The van der Waals surface area contributed by atoms with Crippen molar-refractivity contribution in [2.75, 3.05) is 5.75 Å². The number of ketones is 1. The number of ether oxygens (including phenoxy) is 1. The number of carbonyl (C=O) groups is 1. The van der Waals surface area contributed by atoms with Gasteiger partial charge in [-0.3, -0.25) is 4.79 Å². The second kappa shape index (κ2) is 5.19. The van der Waals surface area contributed by atoms with E-state index in [0.29, 0.717) is 0 Å². The topological polar surface area (TPSA) is 26.3 Å². The summed E-state index contributed by atoms with van der Waals surface area (Å²) >= 11 is 1.72. The van der Waals surface area contributed by atoms with Crippen LogP contribution >= 0.6 is 11.8 Å². The molecule has 1 atom stereocenters. The molecule has 2 aliphatic rings. The SMILES string of the molecule is O=C(C1=CCCCC1)C1CSc2ccccc2O1. The number of fused-ring (bicyclic) bond motifs is 1. The first kappa shape index (κ1) is 11.8. The molecule has 0 amide bonds. The fourth-order valence-electron chi connectivity index (χ4n) is 2.42. The van der Waals surface area contributed by atoms with Crippen LogP contribution in [0.1, 0.15) is 25.7 Å². The van der Waals surface area contributed by atoms with Gasteiger partial charge in [-0.1, -0.05) is 18.2 Å². The average molecular weight is 260 g/mol. The Bertz CT molecular complexity index is 493. The predicted molar refractivity (Wildman–Crippen MR) is 73.1 cm³/mol. The Labute approximate surface area is 111 Å². The Morgan fingerprint density at radius 1 is 1.28 bits per heavy atom. The van der Waals surface area contributed by atoms with Crippen molar-refractivity contribution >= 4 is 17.5 Å². The number of benzene rings is 1. The maximum Gasteiger partial charge on any atom is 0.199 e. The molecule has 0 saturated carbocycles. The average Bonchev–Trinajstić information content (AvgIpc) is 2.47. The Hall–Kier alpha value is -1.22. The highest BCUT2D eigenvalue weighted by Gasteiger charge is 2.28. The van der Waals surface area contributed by atoms with Gasteiger partial charge in [0.05, 0.1) is 0 Å². The molecule has 0 fully saturated rings. The molecule has 0 radical (unpaired) electrons. The molecule has 0 N–H and O–H groups in total. The zero-order chi connectivity index (χ0) is 12.4. The normalized spacial score (nSPS) is 22.7. The molecule has 0 aromatic heterocycles. The van der Waals surface area contributed by atoms with Gasteiger partial charge in [-0.2, -0.15) is 0 Å². The molecule has 18 heavy (non-hydrogen) atoms. The van der Waals surface area contributed by atoms with Crippen molar-refractivity contribution in [3.8, 4) is 5.75 Å². The van der Waals surface area contributed by atoms with Crippen LogP contribution in [0.2, 0.25) is 0 Å². The second-order valence-corrected chi connectivity index (χ2v) is 5.77. The number of hydrogen-bond acceptors (Lipinski definition) is 3. The van der Waals surface area contributed by atoms with Gasteiger partial charge in [-0.05, 0) is 43.4 Å². The Morgan fingerprint density at radius 2 is 2.17 bits per heavy atom. The van der Waals surface area contributed by atoms with Gasteiger partial charge < -0.3 is 4.74 Å². The molecular weight excluding hydrogens is 244 g/mol. The first-order chi connectivity index (χ1) is 8.84. The summed E-state index contributed by atoms with van der Waals surface area (Å²) in [5, 5.41) is 0. The standard InChI is InChI=1S/C15H16O2S/c16-15(11-6-2-1-3-7-11)13-10-18-14-9-5-4-8-12(14)17-13/h4-6,8-9,13H,1-3,7,10H2. The van der Waals surface area contributed by atoms with Crippen LogP contribution in [-0.4, -0.2) is 17.6 Å². The van der Waals surface area contributed by atoms with Gasteiger partial charge in [0.1, 0.15) is 5.75 Å². The van der Waals surface area contributed by atoms with E-state index in [1.54, 1.807) is 11.8 Å². The summed E-state index contributed by atoms with van der Waals surface area (Å²) in [5.74, 6) is 1.77. The maximum atomic E-state index is 12.4. The van der Waals surface area contributed by atoms with Crippen molar-refractivity contribution in [2.24, 2.45) is 0 Å². The van der Waals surface area contributed by atoms with Gasteiger partial charge in [0.25, 0.3) is 0 Å². The van der Waals surface area contributed by atoms with Crippen molar-refractivity contribution < 1.29 is 9.53 Å². The van der Waals surface area contributed by atoms with Crippen LogP contribution in [0.15, 0.2) is 40.8 Å². The lowest BCUT2D eigenvalue weighted by Crippen LogP contribution is -2.33. The van der Waals surface area contributed by atoms with Crippen molar-refractivity contribution in [1.82, 2.24) is 0 Å². The van der Waals surface area contributed by atoms with Gasteiger partial charge in [0.15, 0.2) is 11.9 Å². The number of carbonyl (C=O) groups excluding carboxylic acids is 1. The molecule has 0 saturated heterocycles. The first-order valence-corrected chi connectivity index (χ1v) is 7.45. The lowest BCUT2D eigenvalue weighted by atomic mass is 9.94. The third-order valence-electron chi connectivity index (χ3n) is 3.41. The molecule has 3 rings (SSSR count). The monoisotopic (exact) mass is 260 g/mol. The van der Waals surface area contributed by atoms with E-state index in [1.807, 2.05) is 24.3 Å². The van der Waals surface area contributed by atoms with E-state index in [1.165, 1.54) is 6.42 Å². The number of Topliss-reactive ketones (excluding diaryl/α,β-unsaturated/α-hetero) is 1. The molecule has 1 aromatic rings. The van der Waals surface area contributed by atoms with E-state index < -0.39 is 0 Å². The van der Waals surface area contributed by atoms with E-state index in [-0.39, 0.29) is 11.9 Å². The van der Waals surface area contributed by atoms with Crippen LogP contribution in [0.4, 0.5) is 0 Å². The number of rotatable bonds is 2. The number of allylic oxidation sites excluding steroid dienone is 1. The maximum absolute atomic E-state index is 12.4. The second-order valence-electron chi connectivity index (χ2n) is 4.70. The van der Waals surface area contributed by atoms with Crippen LogP contribution < -0.4 is 4.74 Å². The smallest absolute Gasteiger partial charge is 0.199 e. The van der Waals surface area contributed by atoms with Crippen molar-refractivity contribution in [2.45, 2.75) is 36.7 Å². The zero-order valence-corrected chi connectivity index (χ0v) is 11.0. The minimum atomic E-state index is -0.297. The van der Waals surface area contributed by atoms with Crippen molar-refractivity contribution in [3.63, 3.8) is 0 Å². The van der Waals surface area contributed by atoms with E-state index in [9.17, 15) is 4.79 Å². The highest BCUT2D eigenvalue weighted by molar-refractivity contribution is 7.99. The minimum Gasteiger partial charge on any atom is -0.480 e. The molecular formula is C15H16O2S. The highest BCUT2D eigenvalue weighted by atomic mass is 32.2. The summed E-state index contributed by atoms with van der Waals surface area (Å²) in [6.45, 7) is 0. The number of hydrogen-bond donors (Lipinski definition) is 0. The lowest BCUT2D eigenvalue weighted by Gasteiger charge is -2.26. The van der Waals surface area contributed by atoms with Crippen LogP contribution in [0, 0.1) is 0 Å². The first-order valence-electron chi connectivity index (χ1n) is 6.46. The van der Waals surface area contributed by atoms with Crippen LogP contribution in [0.3, 0.4) is 0 Å². The Morgan fingerprint density at radius 3 is 3.00 bits per heavy atom. The molecule has 1 aliphatic heterocycles. The van der Waals surface area contributed by atoms with Crippen molar-refractivity contribution in [3.05, 3.63) is 35.9 Å².